The van der Waals surface area contributed by atoms with Gasteiger partial charge in [0.25, 0.3) is 10.0 Å². The van der Waals surface area contributed by atoms with Gasteiger partial charge in [0.05, 0.1) is 11.1 Å². The predicted octanol–water partition coefficient (Wildman–Crippen LogP) is 4.81. The Labute approximate surface area is 169 Å². The van der Waals surface area contributed by atoms with Gasteiger partial charge in [-0.1, -0.05) is 37.1 Å². The SMILES string of the molecule is O=S(=O)(c1ccc(-c2cnc(C3CCCC3)o2)s1)N1CCc2ccccc2C1. The van der Waals surface area contributed by atoms with Crippen molar-refractivity contribution in [1.29, 1.82) is 0 Å². The number of oxazole rings is 1. The Kier molecular flexibility index (Phi) is 4.61. The van der Waals surface area contributed by atoms with Crippen LogP contribution < -0.4 is 0 Å². The van der Waals surface area contributed by atoms with Crippen molar-refractivity contribution < 1.29 is 12.8 Å². The molecular formula is C21H22N2O3S2. The molecule has 1 saturated carbocycles. The second-order valence-corrected chi connectivity index (χ2v) is 10.8. The van der Waals surface area contributed by atoms with Crippen molar-refractivity contribution >= 4 is 21.4 Å². The van der Waals surface area contributed by atoms with E-state index in [-0.39, 0.29) is 0 Å². The van der Waals surface area contributed by atoms with E-state index in [9.17, 15) is 8.42 Å². The van der Waals surface area contributed by atoms with Crippen LogP contribution in [0.5, 0.6) is 0 Å². The summed E-state index contributed by atoms with van der Waals surface area (Å²) in [6.07, 6.45) is 7.18. The third-order valence-electron chi connectivity index (χ3n) is 5.74. The Balaban J connectivity index is 1.38. The van der Waals surface area contributed by atoms with E-state index >= 15 is 0 Å². The predicted molar refractivity (Wildman–Crippen MR) is 109 cm³/mol. The fraction of sp³-hybridized carbons (Fsp3) is 0.381. The maximum atomic E-state index is 13.1. The van der Waals surface area contributed by atoms with Crippen molar-refractivity contribution in [1.82, 2.24) is 9.29 Å². The quantitative estimate of drug-likeness (QED) is 0.615. The Morgan fingerprint density at radius 1 is 1.07 bits per heavy atom. The van der Waals surface area contributed by atoms with Gasteiger partial charge in [-0.3, -0.25) is 0 Å². The standard InChI is InChI=1S/C21H22N2O3S2/c24-28(25,23-12-11-15-5-1-4-8-17(15)14-23)20-10-9-19(27-20)18-13-22-21(26-18)16-6-2-3-7-16/h1,4-5,8-10,13,16H,2-3,6-7,11-12,14H2. The first-order valence-corrected chi connectivity index (χ1v) is 12.0. The van der Waals surface area contributed by atoms with Crippen molar-refractivity contribution in [2.45, 2.75) is 48.8 Å². The van der Waals surface area contributed by atoms with E-state index in [1.807, 2.05) is 24.3 Å². The molecule has 0 spiro atoms. The largest absolute Gasteiger partial charge is 0.440 e. The Morgan fingerprint density at radius 2 is 1.86 bits per heavy atom. The average Bonchev–Trinajstić information content (AvgIpc) is 3.48. The van der Waals surface area contributed by atoms with Crippen LogP contribution in [0.4, 0.5) is 0 Å². The molecule has 0 radical (unpaired) electrons. The lowest BCUT2D eigenvalue weighted by Crippen LogP contribution is -2.35. The first-order chi connectivity index (χ1) is 13.6. The lowest BCUT2D eigenvalue weighted by molar-refractivity contribution is 0.392. The molecule has 5 rings (SSSR count). The second kappa shape index (κ2) is 7.13. The molecule has 5 nitrogen and oxygen atoms in total. The summed E-state index contributed by atoms with van der Waals surface area (Å²) in [5.41, 5.74) is 2.33. The number of sulfonamides is 1. The summed E-state index contributed by atoms with van der Waals surface area (Å²) in [5.74, 6) is 1.86. The molecule has 0 N–H and O–H groups in total. The molecule has 2 aliphatic rings. The number of hydrogen-bond acceptors (Lipinski definition) is 5. The van der Waals surface area contributed by atoms with Gasteiger partial charge in [-0.15, -0.1) is 11.3 Å². The smallest absolute Gasteiger partial charge is 0.252 e. The Bertz CT molecular complexity index is 1090. The maximum absolute atomic E-state index is 13.1. The molecule has 1 fully saturated rings. The van der Waals surface area contributed by atoms with Gasteiger partial charge >= 0.3 is 0 Å². The third-order valence-corrected chi connectivity index (χ3v) is 9.15. The highest BCUT2D eigenvalue weighted by atomic mass is 32.2. The zero-order valence-electron chi connectivity index (χ0n) is 15.5. The second-order valence-electron chi connectivity index (χ2n) is 7.52. The molecular weight excluding hydrogens is 392 g/mol. The summed E-state index contributed by atoms with van der Waals surface area (Å²) in [6.45, 7) is 0.945. The molecule has 7 heteroatoms. The molecule has 146 valence electrons. The van der Waals surface area contributed by atoms with Crippen LogP contribution in [0.25, 0.3) is 10.6 Å². The molecule has 3 heterocycles. The van der Waals surface area contributed by atoms with Gasteiger partial charge in [0, 0.05) is 19.0 Å². The minimum absolute atomic E-state index is 0.362. The molecule has 2 aromatic heterocycles. The van der Waals surface area contributed by atoms with Crippen molar-refractivity contribution in [2.75, 3.05) is 6.54 Å². The highest BCUT2D eigenvalue weighted by molar-refractivity contribution is 7.91. The highest BCUT2D eigenvalue weighted by Gasteiger charge is 2.30. The van der Waals surface area contributed by atoms with Gasteiger partial charge in [-0.25, -0.2) is 13.4 Å². The van der Waals surface area contributed by atoms with E-state index in [1.54, 1.807) is 16.6 Å². The minimum atomic E-state index is -3.51. The van der Waals surface area contributed by atoms with Crippen LogP contribution in [-0.2, 0) is 23.0 Å². The van der Waals surface area contributed by atoms with E-state index in [0.717, 1.165) is 35.6 Å². The van der Waals surface area contributed by atoms with Crippen molar-refractivity contribution in [3.05, 3.63) is 59.6 Å². The first-order valence-electron chi connectivity index (χ1n) is 9.74. The van der Waals surface area contributed by atoms with Crippen molar-refractivity contribution in [3.63, 3.8) is 0 Å². The van der Waals surface area contributed by atoms with E-state index in [2.05, 4.69) is 11.1 Å². The van der Waals surface area contributed by atoms with Crippen LogP contribution in [0.1, 0.15) is 48.6 Å². The van der Waals surface area contributed by atoms with Crippen LogP contribution in [0, 0.1) is 0 Å². The van der Waals surface area contributed by atoms with E-state index < -0.39 is 10.0 Å². The van der Waals surface area contributed by atoms with Crippen LogP contribution in [0.15, 0.2) is 51.2 Å². The number of thiophene rings is 1. The number of aromatic nitrogens is 1. The summed E-state index contributed by atoms with van der Waals surface area (Å²) in [6, 6.07) is 11.6. The van der Waals surface area contributed by atoms with Crippen LogP contribution in [-0.4, -0.2) is 24.3 Å². The van der Waals surface area contributed by atoms with Gasteiger partial charge < -0.3 is 4.42 Å². The summed E-state index contributed by atoms with van der Waals surface area (Å²) in [4.78, 5) is 5.25. The zero-order valence-corrected chi connectivity index (χ0v) is 17.1. The number of nitrogens with zero attached hydrogens (tertiary/aromatic N) is 2. The van der Waals surface area contributed by atoms with Crippen LogP contribution in [0.3, 0.4) is 0 Å². The number of rotatable bonds is 4. The Hall–Kier alpha value is -1.96. The van der Waals surface area contributed by atoms with Crippen molar-refractivity contribution in [3.8, 4) is 10.6 Å². The molecule has 0 saturated heterocycles. The molecule has 0 amide bonds. The molecule has 1 aromatic carbocycles. The van der Waals surface area contributed by atoms with E-state index in [0.29, 0.717) is 29.0 Å². The molecule has 0 atom stereocenters. The number of benzene rings is 1. The highest BCUT2D eigenvalue weighted by Crippen LogP contribution is 2.38. The minimum Gasteiger partial charge on any atom is -0.440 e. The number of hydrogen-bond donors (Lipinski definition) is 0. The normalized spacial score (nSPS) is 18.4. The molecule has 1 aliphatic heterocycles. The van der Waals surface area contributed by atoms with Gasteiger partial charge in [-0.2, -0.15) is 4.31 Å². The molecule has 3 aromatic rings. The fourth-order valence-electron chi connectivity index (χ4n) is 4.16. The molecule has 28 heavy (non-hydrogen) atoms. The lowest BCUT2D eigenvalue weighted by atomic mass is 10.0. The molecule has 1 aliphatic carbocycles. The summed E-state index contributed by atoms with van der Waals surface area (Å²) in [5, 5.41) is 0. The van der Waals surface area contributed by atoms with Gasteiger partial charge in [0.1, 0.15) is 4.21 Å². The first kappa shape index (κ1) is 18.1. The van der Waals surface area contributed by atoms with Gasteiger partial charge in [-0.05, 0) is 42.5 Å². The topological polar surface area (TPSA) is 63.4 Å². The summed E-state index contributed by atoms with van der Waals surface area (Å²) in [7, 11) is -3.51. The van der Waals surface area contributed by atoms with E-state index in [4.69, 9.17) is 4.42 Å². The zero-order chi connectivity index (χ0) is 19.1. The Morgan fingerprint density at radius 3 is 2.68 bits per heavy atom. The lowest BCUT2D eigenvalue weighted by Gasteiger charge is -2.27. The summed E-state index contributed by atoms with van der Waals surface area (Å²) >= 11 is 1.26. The van der Waals surface area contributed by atoms with E-state index in [1.165, 1.54) is 29.7 Å². The van der Waals surface area contributed by atoms with Crippen molar-refractivity contribution in [2.24, 2.45) is 0 Å². The summed E-state index contributed by atoms with van der Waals surface area (Å²) < 4.78 is 34.2. The molecule has 0 unspecified atom stereocenters. The number of fused-ring (bicyclic) bond motifs is 1. The van der Waals surface area contributed by atoms with Crippen LogP contribution in [0.2, 0.25) is 0 Å². The monoisotopic (exact) mass is 414 g/mol. The molecule has 0 bridgehead atoms. The van der Waals surface area contributed by atoms with Crippen LogP contribution >= 0.6 is 11.3 Å². The van der Waals surface area contributed by atoms with Gasteiger partial charge in [0.15, 0.2) is 11.7 Å². The third kappa shape index (κ3) is 3.21. The fourth-order valence-corrected chi connectivity index (χ4v) is 6.98. The maximum Gasteiger partial charge on any atom is 0.252 e. The van der Waals surface area contributed by atoms with Gasteiger partial charge in [0.2, 0.25) is 0 Å². The average molecular weight is 415 g/mol.